The molecule has 3 aromatic rings. The number of nitrogens with zero attached hydrogens (tertiary/aromatic N) is 3. The van der Waals surface area contributed by atoms with Gasteiger partial charge >= 0.3 is 0 Å². The van der Waals surface area contributed by atoms with Crippen molar-refractivity contribution in [1.29, 1.82) is 0 Å². The van der Waals surface area contributed by atoms with Crippen molar-refractivity contribution in [3.8, 4) is 22.5 Å². The van der Waals surface area contributed by atoms with E-state index in [2.05, 4.69) is 14.9 Å². The first-order valence-corrected chi connectivity index (χ1v) is 11.1. The Labute approximate surface area is 163 Å². The van der Waals surface area contributed by atoms with Gasteiger partial charge in [-0.05, 0) is 13.5 Å². The minimum atomic E-state index is -3.19. The van der Waals surface area contributed by atoms with Gasteiger partial charge in [0, 0.05) is 16.9 Å². The van der Waals surface area contributed by atoms with Gasteiger partial charge in [-0.25, -0.2) is 18.1 Å². The summed E-state index contributed by atoms with van der Waals surface area (Å²) in [5, 5.41) is 9.17. The predicted molar refractivity (Wildman–Crippen MR) is 109 cm³/mol. The van der Waals surface area contributed by atoms with Gasteiger partial charge in [-0.3, -0.25) is 0 Å². The van der Waals surface area contributed by atoms with Gasteiger partial charge in [0.1, 0.15) is 11.4 Å². The third kappa shape index (κ3) is 5.35. The quantitative estimate of drug-likeness (QED) is 0.462. The minimum Gasteiger partial charge on any atom is -0.219 e. The highest BCUT2D eigenvalue weighted by Gasteiger charge is 2.14. The Morgan fingerprint density at radius 2 is 1.48 bits per heavy atom. The normalized spacial score (nSPS) is 11.4. The van der Waals surface area contributed by atoms with Crippen molar-refractivity contribution in [2.75, 3.05) is 18.6 Å². The molecule has 6 nitrogen and oxygen atoms in total. The van der Waals surface area contributed by atoms with Crippen LogP contribution in [-0.4, -0.2) is 42.2 Å². The summed E-state index contributed by atoms with van der Waals surface area (Å²) < 4.78 is 25.3. The van der Waals surface area contributed by atoms with Crippen LogP contribution in [0.1, 0.15) is 6.42 Å². The molecule has 140 valence electrons. The van der Waals surface area contributed by atoms with E-state index in [1.165, 1.54) is 18.8 Å². The molecule has 0 aliphatic heterocycles. The molecule has 1 aromatic heterocycles. The third-order valence-corrected chi connectivity index (χ3v) is 6.23. The third-order valence-electron chi connectivity index (χ3n) is 3.86. The highest BCUT2D eigenvalue weighted by Crippen LogP contribution is 2.29. The van der Waals surface area contributed by atoms with Crippen LogP contribution >= 0.6 is 11.8 Å². The summed E-state index contributed by atoms with van der Waals surface area (Å²) in [4.78, 5) is 4.70. The van der Waals surface area contributed by atoms with E-state index in [0.717, 1.165) is 22.5 Å². The standard InChI is InChI=1S/C19H20N4O2S2/c1-20-27(24,25)14-8-13-26-19-21-17(15-9-4-2-5-10-15)18(22-23-19)16-11-6-3-7-12-16/h2-7,9-12,20H,8,13-14H2,1H3. The molecule has 3 rings (SSSR count). The molecule has 0 saturated heterocycles. The molecule has 0 aliphatic carbocycles. The monoisotopic (exact) mass is 400 g/mol. The molecule has 1 N–H and O–H groups in total. The molecule has 2 aromatic carbocycles. The van der Waals surface area contributed by atoms with Gasteiger partial charge in [-0.1, -0.05) is 72.4 Å². The summed E-state index contributed by atoms with van der Waals surface area (Å²) in [6.45, 7) is 0. The smallest absolute Gasteiger partial charge is 0.211 e. The van der Waals surface area contributed by atoms with Crippen molar-refractivity contribution < 1.29 is 8.42 Å². The zero-order valence-electron chi connectivity index (χ0n) is 14.9. The fourth-order valence-electron chi connectivity index (χ4n) is 2.47. The van der Waals surface area contributed by atoms with Crippen molar-refractivity contribution in [3.63, 3.8) is 0 Å². The molecular weight excluding hydrogens is 380 g/mol. The number of aromatic nitrogens is 3. The molecule has 0 fully saturated rings. The summed E-state index contributed by atoms with van der Waals surface area (Å²) >= 11 is 1.41. The van der Waals surface area contributed by atoms with Crippen molar-refractivity contribution in [2.24, 2.45) is 0 Å². The van der Waals surface area contributed by atoms with Gasteiger partial charge in [0.05, 0.1) is 5.75 Å². The van der Waals surface area contributed by atoms with Gasteiger partial charge < -0.3 is 0 Å². The van der Waals surface area contributed by atoms with Crippen LogP contribution in [0.25, 0.3) is 22.5 Å². The first-order valence-electron chi connectivity index (χ1n) is 8.48. The number of hydrogen-bond acceptors (Lipinski definition) is 6. The van der Waals surface area contributed by atoms with E-state index in [0.29, 0.717) is 17.3 Å². The summed E-state index contributed by atoms with van der Waals surface area (Å²) in [7, 11) is -1.77. The van der Waals surface area contributed by atoms with Crippen LogP contribution < -0.4 is 4.72 Å². The Bertz CT molecular complexity index is 981. The lowest BCUT2D eigenvalue weighted by atomic mass is 10.0. The Balaban J connectivity index is 1.84. The average Bonchev–Trinajstić information content (AvgIpc) is 2.72. The van der Waals surface area contributed by atoms with Gasteiger partial charge in [0.2, 0.25) is 15.2 Å². The lowest BCUT2D eigenvalue weighted by Gasteiger charge is -2.09. The number of nitrogens with one attached hydrogen (secondary N) is 1. The van der Waals surface area contributed by atoms with E-state index in [1.54, 1.807) is 0 Å². The fourth-order valence-corrected chi connectivity index (χ4v) is 4.11. The fraction of sp³-hybridized carbons (Fsp3) is 0.211. The molecule has 1 heterocycles. The van der Waals surface area contributed by atoms with Crippen LogP contribution in [0, 0.1) is 0 Å². The molecular formula is C19H20N4O2S2. The summed E-state index contributed by atoms with van der Waals surface area (Å²) in [6.07, 6.45) is 0.512. The second-order valence-corrected chi connectivity index (χ2v) is 8.86. The highest BCUT2D eigenvalue weighted by molar-refractivity contribution is 7.99. The van der Waals surface area contributed by atoms with Crippen molar-refractivity contribution in [1.82, 2.24) is 19.9 Å². The van der Waals surface area contributed by atoms with E-state index in [9.17, 15) is 8.42 Å². The lowest BCUT2D eigenvalue weighted by molar-refractivity contribution is 0.587. The maximum Gasteiger partial charge on any atom is 0.211 e. The van der Waals surface area contributed by atoms with Crippen LogP contribution in [0.15, 0.2) is 65.8 Å². The molecule has 0 bridgehead atoms. The number of thioether (sulfide) groups is 1. The Hall–Kier alpha value is -2.29. The molecule has 0 unspecified atom stereocenters. The molecule has 0 saturated carbocycles. The van der Waals surface area contributed by atoms with Crippen LogP contribution in [0.4, 0.5) is 0 Å². The topological polar surface area (TPSA) is 84.8 Å². The molecule has 8 heteroatoms. The minimum absolute atomic E-state index is 0.0809. The number of rotatable bonds is 8. The Morgan fingerprint density at radius 1 is 0.889 bits per heavy atom. The number of hydrogen-bond donors (Lipinski definition) is 1. The first kappa shape index (κ1) is 19.5. The highest BCUT2D eigenvalue weighted by atomic mass is 32.2. The van der Waals surface area contributed by atoms with E-state index in [-0.39, 0.29) is 5.75 Å². The largest absolute Gasteiger partial charge is 0.219 e. The molecule has 0 radical (unpaired) electrons. The van der Waals surface area contributed by atoms with E-state index >= 15 is 0 Å². The lowest BCUT2D eigenvalue weighted by Crippen LogP contribution is -2.22. The summed E-state index contributed by atoms with van der Waals surface area (Å²) in [5.41, 5.74) is 3.41. The van der Waals surface area contributed by atoms with Crippen LogP contribution in [-0.2, 0) is 10.0 Å². The SMILES string of the molecule is CNS(=O)(=O)CCCSc1nnc(-c2ccccc2)c(-c2ccccc2)n1. The zero-order chi connectivity index (χ0) is 19.1. The zero-order valence-corrected chi connectivity index (χ0v) is 16.5. The summed E-state index contributed by atoms with van der Waals surface area (Å²) in [5.74, 6) is 0.680. The maximum atomic E-state index is 11.5. The van der Waals surface area contributed by atoms with Crippen molar-refractivity contribution >= 4 is 21.8 Å². The molecule has 0 aliphatic rings. The van der Waals surface area contributed by atoms with Gasteiger partial charge in [-0.15, -0.1) is 10.2 Å². The Morgan fingerprint density at radius 3 is 2.07 bits per heavy atom. The van der Waals surface area contributed by atoms with Crippen LogP contribution in [0.2, 0.25) is 0 Å². The number of sulfonamides is 1. The second-order valence-electron chi connectivity index (χ2n) is 5.75. The number of benzene rings is 2. The average molecular weight is 401 g/mol. The van der Waals surface area contributed by atoms with Gasteiger partial charge in [-0.2, -0.15) is 0 Å². The molecule has 0 spiro atoms. The second kappa shape index (κ2) is 9.07. The van der Waals surface area contributed by atoms with Crippen LogP contribution in [0.3, 0.4) is 0 Å². The molecule has 0 amide bonds. The van der Waals surface area contributed by atoms with Crippen molar-refractivity contribution in [2.45, 2.75) is 11.6 Å². The van der Waals surface area contributed by atoms with E-state index in [1.807, 2.05) is 60.7 Å². The van der Waals surface area contributed by atoms with Crippen LogP contribution in [0.5, 0.6) is 0 Å². The van der Waals surface area contributed by atoms with Gasteiger partial charge in [0.25, 0.3) is 0 Å². The first-order chi connectivity index (χ1) is 13.1. The van der Waals surface area contributed by atoms with E-state index < -0.39 is 10.0 Å². The molecule has 0 atom stereocenters. The Kier molecular flexibility index (Phi) is 6.54. The maximum absolute atomic E-state index is 11.5. The van der Waals surface area contributed by atoms with Gasteiger partial charge in [0.15, 0.2) is 0 Å². The van der Waals surface area contributed by atoms with Crippen molar-refractivity contribution in [3.05, 3.63) is 60.7 Å². The predicted octanol–water partition coefficient (Wildman–Crippen LogP) is 3.24. The molecule has 27 heavy (non-hydrogen) atoms. The summed E-state index contributed by atoms with van der Waals surface area (Å²) in [6, 6.07) is 19.7. The van der Waals surface area contributed by atoms with E-state index in [4.69, 9.17) is 4.98 Å².